The van der Waals surface area contributed by atoms with E-state index in [2.05, 4.69) is 10.6 Å². The predicted octanol–water partition coefficient (Wildman–Crippen LogP) is -0.0758. The van der Waals surface area contributed by atoms with Gasteiger partial charge in [-0.1, -0.05) is 0 Å². The average molecular weight is 240 g/mol. The number of carbonyl (C=O) groups is 1. The maximum absolute atomic E-state index is 11.4. The summed E-state index contributed by atoms with van der Waals surface area (Å²) < 4.78 is 0. The van der Waals surface area contributed by atoms with Crippen LogP contribution in [0, 0.1) is 0 Å². The summed E-state index contributed by atoms with van der Waals surface area (Å²) in [7, 11) is 0. The van der Waals surface area contributed by atoms with E-state index in [9.17, 15) is 4.79 Å². The van der Waals surface area contributed by atoms with Gasteiger partial charge in [0.05, 0.1) is 6.04 Å². The number of thioether (sulfide) groups is 1. The Labute approximate surface area is 95.2 Å². The van der Waals surface area contributed by atoms with Crippen molar-refractivity contribution >= 4 is 30.1 Å². The molecule has 1 rings (SSSR count). The Hall–Kier alpha value is 0.0300. The van der Waals surface area contributed by atoms with E-state index in [1.54, 1.807) is 11.8 Å². The number of hydrogen-bond acceptors (Lipinski definition) is 4. The molecule has 1 aliphatic heterocycles. The molecule has 0 unspecified atom stereocenters. The lowest BCUT2D eigenvalue weighted by Gasteiger charge is -2.20. The molecule has 84 valence electrons. The number of nitrogens with one attached hydrogen (secondary N) is 2. The molecule has 0 spiro atoms. The fraction of sp³-hybridized carbons (Fsp3) is 0.875. The second kappa shape index (κ2) is 5.80. The molecule has 0 radical (unpaired) electrons. The highest BCUT2D eigenvalue weighted by molar-refractivity contribution is 7.99. The van der Waals surface area contributed by atoms with E-state index in [1.165, 1.54) is 0 Å². The van der Waals surface area contributed by atoms with Crippen molar-refractivity contribution in [2.45, 2.75) is 25.4 Å². The predicted molar refractivity (Wildman–Crippen MR) is 62.8 cm³/mol. The van der Waals surface area contributed by atoms with Crippen molar-refractivity contribution in [1.82, 2.24) is 10.6 Å². The van der Waals surface area contributed by atoms with Gasteiger partial charge >= 0.3 is 0 Å². The van der Waals surface area contributed by atoms with Crippen LogP contribution < -0.4 is 16.4 Å². The normalized spacial score (nSPS) is 21.5. The number of rotatable bonds is 3. The summed E-state index contributed by atoms with van der Waals surface area (Å²) in [5, 5.41) is 5.93. The molecule has 0 bridgehead atoms. The van der Waals surface area contributed by atoms with Crippen LogP contribution in [-0.4, -0.2) is 35.7 Å². The van der Waals surface area contributed by atoms with Gasteiger partial charge in [-0.25, -0.2) is 0 Å². The molecule has 14 heavy (non-hydrogen) atoms. The number of amides is 1. The van der Waals surface area contributed by atoms with E-state index >= 15 is 0 Å². The van der Waals surface area contributed by atoms with Gasteiger partial charge in [0.25, 0.3) is 0 Å². The van der Waals surface area contributed by atoms with E-state index < -0.39 is 0 Å². The molecule has 4 nitrogen and oxygen atoms in total. The van der Waals surface area contributed by atoms with Gasteiger partial charge in [0.15, 0.2) is 0 Å². The Morgan fingerprint density at radius 3 is 2.79 bits per heavy atom. The van der Waals surface area contributed by atoms with E-state index in [4.69, 9.17) is 5.73 Å². The third kappa shape index (κ3) is 5.05. The third-order valence-corrected chi connectivity index (χ3v) is 2.69. The number of nitrogens with two attached hydrogens (primary N) is 1. The second-order valence-electron chi connectivity index (χ2n) is 3.98. The monoisotopic (exact) mass is 239 g/mol. The van der Waals surface area contributed by atoms with Crippen molar-refractivity contribution in [3.63, 3.8) is 0 Å². The lowest BCUT2D eigenvalue weighted by molar-refractivity contribution is -0.122. The molecule has 0 aromatic carbocycles. The van der Waals surface area contributed by atoms with Gasteiger partial charge in [-0.15, -0.1) is 24.2 Å². The van der Waals surface area contributed by atoms with Crippen LogP contribution in [0.1, 0.15) is 13.8 Å². The molecule has 1 saturated heterocycles. The lowest BCUT2D eigenvalue weighted by Crippen LogP contribution is -2.50. The average Bonchev–Trinajstić information content (AvgIpc) is 2.50. The molecule has 0 saturated carbocycles. The highest BCUT2D eigenvalue weighted by Crippen LogP contribution is 2.09. The van der Waals surface area contributed by atoms with E-state index in [0.717, 1.165) is 11.6 Å². The fourth-order valence-electron chi connectivity index (χ4n) is 1.00. The molecule has 4 N–H and O–H groups in total. The summed E-state index contributed by atoms with van der Waals surface area (Å²) in [6.07, 6.45) is 0. The van der Waals surface area contributed by atoms with Gasteiger partial charge in [-0.3, -0.25) is 10.1 Å². The zero-order valence-corrected chi connectivity index (χ0v) is 10.1. The standard InChI is InChI=1S/C8H17N3OS.ClH/c1-8(2,9)4-10-7(12)6-3-13-5-11-6;/h6,11H,3-5,9H2,1-2H3,(H,10,12);1H/t6-;/m1./s1. The van der Waals surface area contributed by atoms with E-state index in [1.807, 2.05) is 13.8 Å². The third-order valence-electron chi connectivity index (χ3n) is 1.75. The van der Waals surface area contributed by atoms with Gasteiger partial charge < -0.3 is 11.1 Å². The molecule has 6 heteroatoms. The molecule has 1 fully saturated rings. The maximum Gasteiger partial charge on any atom is 0.238 e. The summed E-state index contributed by atoms with van der Waals surface area (Å²) in [6, 6.07) is -0.0349. The highest BCUT2D eigenvalue weighted by Gasteiger charge is 2.23. The largest absolute Gasteiger partial charge is 0.353 e. The van der Waals surface area contributed by atoms with Crippen LogP contribution in [0.4, 0.5) is 0 Å². The zero-order chi connectivity index (χ0) is 9.90. The van der Waals surface area contributed by atoms with E-state index in [0.29, 0.717) is 6.54 Å². The fourth-order valence-corrected chi connectivity index (χ4v) is 1.94. The van der Waals surface area contributed by atoms with Crippen LogP contribution in [0.15, 0.2) is 0 Å². The van der Waals surface area contributed by atoms with Gasteiger partial charge in [-0.05, 0) is 13.8 Å². The molecule has 1 aliphatic rings. The number of halogens is 1. The first kappa shape index (κ1) is 14.0. The first-order valence-corrected chi connectivity index (χ1v) is 5.52. The Kier molecular flexibility index (Phi) is 5.81. The van der Waals surface area contributed by atoms with Crippen LogP contribution in [0.5, 0.6) is 0 Å². The van der Waals surface area contributed by atoms with Crippen LogP contribution >= 0.6 is 24.2 Å². The molecular formula is C8H18ClN3OS. The number of hydrogen-bond donors (Lipinski definition) is 3. The first-order valence-electron chi connectivity index (χ1n) is 4.37. The Balaban J connectivity index is 0.00000169. The van der Waals surface area contributed by atoms with Crippen molar-refractivity contribution in [2.24, 2.45) is 5.73 Å². The van der Waals surface area contributed by atoms with Gasteiger partial charge in [0.2, 0.25) is 5.91 Å². The van der Waals surface area contributed by atoms with Crippen molar-refractivity contribution in [1.29, 1.82) is 0 Å². The minimum absolute atomic E-state index is 0. The minimum atomic E-state index is -0.332. The van der Waals surface area contributed by atoms with Gasteiger partial charge in [0, 0.05) is 23.7 Å². The summed E-state index contributed by atoms with van der Waals surface area (Å²) in [4.78, 5) is 11.4. The van der Waals surface area contributed by atoms with Crippen LogP contribution in [0.25, 0.3) is 0 Å². The minimum Gasteiger partial charge on any atom is -0.353 e. The molecule has 1 heterocycles. The smallest absolute Gasteiger partial charge is 0.238 e. The Morgan fingerprint density at radius 2 is 2.36 bits per heavy atom. The van der Waals surface area contributed by atoms with Crippen molar-refractivity contribution in [2.75, 3.05) is 18.2 Å². The summed E-state index contributed by atoms with van der Waals surface area (Å²) >= 11 is 1.74. The topological polar surface area (TPSA) is 67.1 Å². The Bertz CT molecular complexity index is 190. The summed E-state index contributed by atoms with van der Waals surface area (Å²) in [6.45, 7) is 4.31. The highest BCUT2D eigenvalue weighted by atomic mass is 35.5. The second-order valence-corrected chi connectivity index (χ2v) is 5.01. The van der Waals surface area contributed by atoms with Crippen LogP contribution in [0.2, 0.25) is 0 Å². The molecule has 0 aliphatic carbocycles. The number of carbonyl (C=O) groups excluding carboxylic acids is 1. The van der Waals surface area contributed by atoms with Crippen molar-refractivity contribution in [3.05, 3.63) is 0 Å². The van der Waals surface area contributed by atoms with Gasteiger partial charge in [-0.2, -0.15) is 0 Å². The first-order chi connectivity index (χ1) is 5.99. The molecular weight excluding hydrogens is 222 g/mol. The molecule has 1 atom stereocenters. The van der Waals surface area contributed by atoms with Crippen molar-refractivity contribution < 1.29 is 4.79 Å². The molecule has 0 aromatic heterocycles. The Morgan fingerprint density at radius 1 is 1.71 bits per heavy atom. The van der Waals surface area contributed by atoms with Crippen molar-refractivity contribution in [3.8, 4) is 0 Å². The maximum atomic E-state index is 11.4. The summed E-state index contributed by atoms with van der Waals surface area (Å²) in [5.74, 6) is 1.78. The van der Waals surface area contributed by atoms with Crippen LogP contribution in [-0.2, 0) is 4.79 Å². The quantitative estimate of drug-likeness (QED) is 0.645. The zero-order valence-electron chi connectivity index (χ0n) is 8.50. The SMILES string of the molecule is CC(C)(N)CNC(=O)[C@H]1CSCN1.Cl. The van der Waals surface area contributed by atoms with E-state index in [-0.39, 0.29) is 29.9 Å². The summed E-state index contributed by atoms with van der Waals surface area (Å²) in [5.41, 5.74) is 5.41. The molecule has 0 aromatic rings. The van der Waals surface area contributed by atoms with Crippen LogP contribution in [0.3, 0.4) is 0 Å². The van der Waals surface area contributed by atoms with Gasteiger partial charge in [0.1, 0.15) is 0 Å². The lowest BCUT2D eigenvalue weighted by atomic mass is 10.1. The molecule has 1 amide bonds.